The average Bonchev–Trinajstić information content (AvgIpc) is 2.97. The summed E-state index contributed by atoms with van der Waals surface area (Å²) in [5, 5.41) is 2.55. The van der Waals surface area contributed by atoms with Crippen LogP contribution in [0.25, 0.3) is 10.8 Å². The van der Waals surface area contributed by atoms with Gasteiger partial charge in [0.05, 0.1) is 6.10 Å². The van der Waals surface area contributed by atoms with Gasteiger partial charge in [0.15, 0.2) is 0 Å². The Morgan fingerprint density at radius 2 is 2.00 bits per heavy atom. The van der Waals surface area contributed by atoms with Crippen molar-refractivity contribution in [2.24, 2.45) is 5.73 Å². The molecule has 3 rings (SSSR count). The highest BCUT2D eigenvalue weighted by atomic mass is 16.5. The van der Waals surface area contributed by atoms with Crippen molar-refractivity contribution in [3.8, 4) is 0 Å². The summed E-state index contributed by atoms with van der Waals surface area (Å²) in [5.74, 6) is 0. The van der Waals surface area contributed by atoms with Gasteiger partial charge in [0.2, 0.25) is 0 Å². The fourth-order valence-corrected chi connectivity index (χ4v) is 2.84. The van der Waals surface area contributed by atoms with E-state index in [4.69, 9.17) is 10.5 Å². The van der Waals surface area contributed by atoms with Gasteiger partial charge in [0.25, 0.3) is 0 Å². The first kappa shape index (κ1) is 12.6. The molecule has 2 aromatic rings. The monoisotopic (exact) mass is 255 g/mol. The second kappa shape index (κ2) is 5.72. The molecular weight excluding hydrogens is 234 g/mol. The Morgan fingerprint density at radius 3 is 2.79 bits per heavy atom. The molecule has 0 radical (unpaired) electrons. The molecule has 0 bridgehead atoms. The first-order valence-corrected chi connectivity index (χ1v) is 7.19. The summed E-state index contributed by atoms with van der Waals surface area (Å²) in [6.07, 6.45) is 4.92. The highest BCUT2D eigenvalue weighted by Gasteiger charge is 2.17. The van der Waals surface area contributed by atoms with E-state index in [0.717, 1.165) is 19.4 Å². The summed E-state index contributed by atoms with van der Waals surface area (Å²) in [6, 6.07) is 15.1. The molecule has 0 aromatic heterocycles. The van der Waals surface area contributed by atoms with Gasteiger partial charge in [-0.1, -0.05) is 36.4 Å². The molecule has 0 spiro atoms. The lowest BCUT2D eigenvalue weighted by Crippen LogP contribution is -2.14. The number of hydrogen-bond donors (Lipinski definition) is 1. The number of rotatable bonds is 4. The second-order valence-corrected chi connectivity index (χ2v) is 5.43. The van der Waals surface area contributed by atoms with Crippen LogP contribution in [-0.4, -0.2) is 12.7 Å². The maximum atomic E-state index is 6.31. The van der Waals surface area contributed by atoms with E-state index in [0.29, 0.717) is 6.10 Å². The van der Waals surface area contributed by atoms with Crippen molar-refractivity contribution in [1.29, 1.82) is 0 Å². The standard InChI is InChI=1S/C17H21NO/c18-17(10-9-16-6-3-11-19-16)15-8-7-13-4-1-2-5-14(13)12-15/h1-2,4-5,7-8,12,16-17H,3,6,9-11,18H2. The smallest absolute Gasteiger partial charge is 0.0576 e. The first-order valence-electron chi connectivity index (χ1n) is 7.19. The molecule has 19 heavy (non-hydrogen) atoms. The number of ether oxygens (including phenoxy) is 1. The summed E-state index contributed by atoms with van der Waals surface area (Å²) in [6.45, 7) is 0.926. The zero-order valence-corrected chi connectivity index (χ0v) is 11.2. The predicted octanol–water partition coefficient (Wildman–Crippen LogP) is 3.80. The largest absolute Gasteiger partial charge is 0.378 e. The molecule has 1 fully saturated rings. The molecule has 1 heterocycles. The van der Waals surface area contributed by atoms with E-state index in [1.54, 1.807) is 0 Å². The normalized spacial score (nSPS) is 20.8. The SMILES string of the molecule is NC(CCC1CCCO1)c1ccc2ccccc2c1. The van der Waals surface area contributed by atoms with Crippen molar-refractivity contribution in [2.45, 2.75) is 37.8 Å². The molecule has 1 saturated heterocycles. The number of hydrogen-bond acceptors (Lipinski definition) is 2. The summed E-state index contributed by atoms with van der Waals surface area (Å²) >= 11 is 0. The third-order valence-electron chi connectivity index (χ3n) is 4.03. The van der Waals surface area contributed by atoms with Crippen molar-refractivity contribution in [3.05, 3.63) is 48.0 Å². The molecule has 1 aliphatic rings. The van der Waals surface area contributed by atoms with E-state index in [9.17, 15) is 0 Å². The molecule has 0 aliphatic carbocycles. The highest BCUT2D eigenvalue weighted by molar-refractivity contribution is 5.83. The van der Waals surface area contributed by atoms with Gasteiger partial charge in [-0.05, 0) is 48.1 Å². The van der Waals surface area contributed by atoms with E-state index in [1.165, 1.54) is 29.2 Å². The van der Waals surface area contributed by atoms with Gasteiger partial charge in [0.1, 0.15) is 0 Å². The fraction of sp³-hybridized carbons (Fsp3) is 0.412. The van der Waals surface area contributed by atoms with E-state index < -0.39 is 0 Å². The molecule has 2 nitrogen and oxygen atoms in total. The molecule has 2 unspecified atom stereocenters. The molecule has 0 saturated carbocycles. The van der Waals surface area contributed by atoms with Crippen LogP contribution in [0.2, 0.25) is 0 Å². The van der Waals surface area contributed by atoms with Crippen LogP contribution in [0.5, 0.6) is 0 Å². The molecule has 2 aromatic carbocycles. The van der Waals surface area contributed by atoms with E-state index in [2.05, 4.69) is 42.5 Å². The Balaban J connectivity index is 1.68. The molecular formula is C17H21NO. The van der Waals surface area contributed by atoms with E-state index >= 15 is 0 Å². The lowest BCUT2D eigenvalue weighted by Gasteiger charge is -2.15. The topological polar surface area (TPSA) is 35.2 Å². The summed E-state index contributed by atoms with van der Waals surface area (Å²) in [5.41, 5.74) is 7.54. The van der Waals surface area contributed by atoms with Crippen LogP contribution in [0.1, 0.15) is 37.3 Å². The van der Waals surface area contributed by atoms with Gasteiger partial charge >= 0.3 is 0 Å². The number of fused-ring (bicyclic) bond motifs is 1. The van der Waals surface area contributed by atoms with Gasteiger partial charge in [-0.25, -0.2) is 0 Å². The molecule has 2 atom stereocenters. The minimum atomic E-state index is 0.119. The Labute approximate surface area is 114 Å². The molecule has 2 heteroatoms. The molecule has 1 aliphatic heterocycles. The van der Waals surface area contributed by atoms with Gasteiger partial charge in [0, 0.05) is 12.6 Å². The van der Waals surface area contributed by atoms with Crippen LogP contribution in [0, 0.1) is 0 Å². The first-order chi connectivity index (χ1) is 9.33. The summed E-state index contributed by atoms with van der Waals surface area (Å²) < 4.78 is 5.65. The molecule has 0 amide bonds. The van der Waals surface area contributed by atoms with Crippen molar-refractivity contribution < 1.29 is 4.74 Å². The third-order valence-corrected chi connectivity index (χ3v) is 4.03. The Morgan fingerprint density at radius 1 is 1.16 bits per heavy atom. The minimum Gasteiger partial charge on any atom is -0.378 e. The van der Waals surface area contributed by atoms with Crippen LogP contribution in [0.3, 0.4) is 0 Å². The number of nitrogens with two attached hydrogens (primary N) is 1. The quantitative estimate of drug-likeness (QED) is 0.902. The third kappa shape index (κ3) is 2.96. The van der Waals surface area contributed by atoms with Crippen LogP contribution in [0.4, 0.5) is 0 Å². The van der Waals surface area contributed by atoms with Gasteiger partial charge in [-0.3, -0.25) is 0 Å². The Kier molecular flexibility index (Phi) is 3.81. The van der Waals surface area contributed by atoms with Crippen molar-refractivity contribution in [1.82, 2.24) is 0 Å². The van der Waals surface area contributed by atoms with E-state index in [-0.39, 0.29) is 6.04 Å². The van der Waals surface area contributed by atoms with Gasteiger partial charge in [-0.2, -0.15) is 0 Å². The van der Waals surface area contributed by atoms with Gasteiger partial charge in [-0.15, -0.1) is 0 Å². The van der Waals surface area contributed by atoms with Crippen LogP contribution >= 0.6 is 0 Å². The maximum Gasteiger partial charge on any atom is 0.0576 e. The average molecular weight is 255 g/mol. The summed E-state index contributed by atoms with van der Waals surface area (Å²) in [7, 11) is 0. The predicted molar refractivity (Wildman–Crippen MR) is 79.1 cm³/mol. The Hall–Kier alpha value is -1.38. The number of benzene rings is 2. The fourth-order valence-electron chi connectivity index (χ4n) is 2.84. The zero-order chi connectivity index (χ0) is 13.1. The van der Waals surface area contributed by atoms with Crippen LogP contribution < -0.4 is 5.73 Å². The summed E-state index contributed by atoms with van der Waals surface area (Å²) in [4.78, 5) is 0. The van der Waals surface area contributed by atoms with Crippen molar-refractivity contribution in [3.63, 3.8) is 0 Å². The van der Waals surface area contributed by atoms with Gasteiger partial charge < -0.3 is 10.5 Å². The zero-order valence-electron chi connectivity index (χ0n) is 11.2. The second-order valence-electron chi connectivity index (χ2n) is 5.43. The van der Waals surface area contributed by atoms with Crippen LogP contribution in [0.15, 0.2) is 42.5 Å². The Bertz CT molecular complexity index is 546. The molecule has 100 valence electrons. The van der Waals surface area contributed by atoms with Crippen molar-refractivity contribution >= 4 is 10.8 Å². The lowest BCUT2D eigenvalue weighted by atomic mass is 9.97. The molecule has 2 N–H and O–H groups in total. The highest BCUT2D eigenvalue weighted by Crippen LogP contribution is 2.24. The van der Waals surface area contributed by atoms with E-state index in [1.807, 2.05) is 0 Å². The van der Waals surface area contributed by atoms with Crippen molar-refractivity contribution in [2.75, 3.05) is 6.61 Å². The van der Waals surface area contributed by atoms with Crippen LogP contribution in [-0.2, 0) is 4.74 Å². The lowest BCUT2D eigenvalue weighted by molar-refractivity contribution is 0.101. The maximum absolute atomic E-state index is 6.31. The minimum absolute atomic E-state index is 0.119.